The molecule has 0 saturated carbocycles. The third-order valence-electron chi connectivity index (χ3n) is 1.90. The van der Waals surface area contributed by atoms with E-state index in [-0.39, 0.29) is 11.3 Å². The number of hydrogen-bond donors (Lipinski definition) is 0. The Morgan fingerprint density at radius 1 is 1.53 bits per heavy atom. The van der Waals surface area contributed by atoms with Gasteiger partial charge < -0.3 is 4.90 Å². The smallest absolute Gasteiger partial charge is 0.338 e. The van der Waals surface area contributed by atoms with Gasteiger partial charge in [-0.25, -0.2) is 0 Å². The first-order chi connectivity index (χ1) is 6.83. The molecule has 0 bridgehead atoms. The van der Waals surface area contributed by atoms with Gasteiger partial charge in [-0.3, -0.25) is 4.79 Å². The summed E-state index contributed by atoms with van der Waals surface area (Å²) in [5.74, 6) is 0. The van der Waals surface area contributed by atoms with E-state index in [0.29, 0.717) is 11.9 Å². The van der Waals surface area contributed by atoms with Crippen molar-refractivity contribution in [1.29, 1.82) is 0 Å². The Kier molecular flexibility index (Phi) is 3.02. The van der Waals surface area contributed by atoms with Crippen LogP contribution in [0, 0.1) is 0 Å². The first-order valence-corrected chi connectivity index (χ1v) is 4.21. The Labute approximate surface area is 85.4 Å². The lowest BCUT2D eigenvalue weighted by Crippen LogP contribution is -2.31. The molecular formula is C10H10F3NO. The molecule has 0 radical (unpaired) electrons. The van der Waals surface area contributed by atoms with Gasteiger partial charge >= 0.3 is 6.18 Å². The van der Waals surface area contributed by atoms with Crippen LogP contribution in [0.3, 0.4) is 0 Å². The molecule has 0 atom stereocenters. The molecule has 0 fully saturated rings. The minimum atomic E-state index is -4.31. The number of carbonyl (C=O) groups excluding carboxylic acids is 1. The Balaban J connectivity index is 2.90. The standard InChI is InChI=1S/C10H10F3NO/c1-7-3-9(5-15)8(2)14(4-7)6-10(11,12)13/h3-5H,2,6H2,1H3. The average Bonchev–Trinajstić information content (AvgIpc) is 2.08. The van der Waals surface area contributed by atoms with Gasteiger partial charge in [-0.2, -0.15) is 13.2 Å². The molecule has 1 aliphatic heterocycles. The summed E-state index contributed by atoms with van der Waals surface area (Å²) in [6.07, 6.45) is -0.988. The van der Waals surface area contributed by atoms with Crippen LogP contribution in [-0.4, -0.2) is 23.9 Å². The topological polar surface area (TPSA) is 20.3 Å². The fourth-order valence-corrected chi connectivity index (χ4v) is 1.29. The van der Waals surface area contributed by atoms with Crippen LogP contribution < -0.4 is 0 Å². The molecule has 2 nitrogen and oxygen atoms in total. The predicted molar refractivity (Wildman–Crippen MR) is 49.8 cm³/mol. The van der Waals surface area contributed by atoms with E-state index in [2.05, 4.69) is 6.58 Å². The van der Waals surface area contributed by atoms with Gasteiger partial charge in [0.05, 0.1) is 0 Å². The molecule has 15 heavy (non-hydrogen) atoms. The van der Waals surface area contributed by atoms with Gasteiger partial charge in [-0.15, -0.1) is 0 Å². The second kappa shape index (κ2) is 3.92. The number of hydrogen-bond acceptors (Lipinski definition) is 2. The minimum Gasteiger partial charge on any atom is -0.338 e. The van der Waals surface area contributed by atoms with Crippen molar-refractivity contribution in [2.45, 2.75) is 13.1 Å². The van der Waals surface area contributed by atoms with Crippen LogP contribution in [0.4, 0.5) is 13.2 Å². The highest BCUT2D eigenvalue weighted by Crippen LogP contribution is 2.26. The lowest BCUT2D eigenvalue weighted by atomic mass is 10.1. The number of rotatable bonds is 2. The largest absolute Gasteiger partial charge is 0.406 e. The van der Waals surface area contributed by atoms with Gasteiger partial charge in [0.2, 0.25) is 0 Å². The number of halogens is 3. The van der Waals surface area contributed by atoms with E-state index in [4.69, 9.17) is 0 Å². The number of allylic oxidation sites excluding steroid dienone is 3. The maximum Gasteiger partial charge on any atom is 0.406 e. The number of alkyl halides is 3. The van der Waals surface area contributed by atoms with Gasteiger partial charge in [0.15, 0.2) is 6.29 Å². The van der Waals surface area contributed by atoms with Crippen LogP contribution in [0.2, 0.25) is 0 Å². The van der Waals surface area contributed by atoms with Crippen LogP contribution in [0.1, 0.15) is 6.92 Å². The third kappa shape index (κ3) is 2.97. The maximum atomic E-state index is 12.2. The third-order valence-corrected chi connectivity index (χ3v) is 1.90. The molecular weight excluding hydrogens is 207 g/mol. The van der Waals surface area contributed by atoms with Gasteiger partial charge in [0.1, 0.15) is 6.54 Å². The lowest BCUT2D eigenvalue weighted by Gasteiger charge is -2.27. The quantitative estimate of drug-likeness (QED) is 0.662. The molecule has 1 rings (SSSR count). The summed E-state index contributed by atoms with van der Waals surface area (Å²) >= 11 is 0. The van der Waals surface area contributed by atoms with Gasteiger partial charge in [-0.1, -0.05) is 6.58 Å². The molecule has 0 aromatic heterocycles. The van der Waals surface area contributed by atoms with Crippen molar-refractivity contribution in [3.05, 3.63) is 35.7 Å². The van der Waals surface area contributed by atoms with Crippen LogP contribution in [0.25, 0.3) is 0 Å². The molecule has 1 aliphatic rings. The lowest BCUT2D eigenvalue weighted by molar-refractivity contribution is -0.137. The van der Waals surface area contributed by atoms with Crippen LogP contribution in [-0.2, 0) is 4.79 Å². The molecule has 0 amide bonds. The van der Waals surface area contributed by atoms with Gasteiger partial charge in [-0.05, 0) is 18.6 Å². The molecule has 5 heteroatoms. The van der Waals surface area contributed by atoms with Crippen molar-refractivity contribution in [3.63, 3.8) is 0 Å². The highest BCUT2D eigenvalue weighted by molar-refractivity contribution is 5.81. The second-order valence-electron chi connectivity index (χ2n) is 3.28. The zero-order chi connectivity index (χ0) is 11.6. The van der Waals surface area contributed by atoms with Crippen molar-refractivity contribution in [3.8, 4) is 0 Å². The second-order valence-corrected chi connectivity index (χ2v) is 3.28. The Hall–Kier alpha value is -1.52. The molecule has 0 aromatic carbocycles. The van der Waals surface area contributed by atoms with Crippen LogP contribution in [0.5, 0.6) is 0 Å². The SMILES string of the molecule is C=C1C(C=O)=CC(C)=CN1CC(F)(F)F. The predicted octanol–water partition coefficient (Wildman–Crippen LogP) is 2.41. The summed E-state index contributed by atoms with van der Waals surface area (Å²) in [6.45, 7) is 3.94. The highest BCUT2D eigenvalue weighted by Gasteiger charge is 2.32. The number of aldehydes is 1. The zero-order valence-corrected chi connectivity index (χ0v) is 8.14. The Bertz CT molecular complexity index is 352. The molecule has 0 aliphatic carbocycles. The van der Waals surface area contributed by atoms with Crippen LogP contribution in [0.15, 0.2) is 35.7 Å². The van der Waals surface area contributed by atoms with Crippen molar-refractivity contribution in [2.24, 2.45) is 0 Å². The summed E-state index contributed by atoms with van der Waals surface area (Å²) in [5, 5.41) is 0. The van der Waals surface area contributed by atoms with E-state index in [9.17, 15) is 18.0 Å². The summed E-state index contributed by atoms with van der Waals surface area (Å²) in [4.78, 5) is 11.5. The fraction of sp³-hybridized carbons (Fsp3) is 0.300. The van der Waals surface area contributed by atoms with E-state index in [1.165, 1.54) is 12.3 Å². The van der Waals surface area contributed by atoms with E-state index in [1.807, 2.05) is 0 Å². The summed E-state index contributed by atoms with van der Waals surface area (Å²) in [6, 6.07) is 0. The summed E-state index contributed by atoms with van der Waals surface area (Å²) in [7, 11) is 0. The maximum absolute atomic E-state index is 12.2. The molecule has 0 aromatic rings. The van der Waals surface area contributed by atoms with Crippen molar-refractivity contribution in [2.75, 3.05) is 6.54 Å². The van der Waals surface area contributed by atoms with Crippen molar-refractivity contribution in [1.82, 2.24) is 4.90 Å². The molecule has 1 heterocycles. The minimum absolute atomic E-state index is 0.0768. The van der Waals surface area contributed by atoms with Gasteiger partial charge in [0.25, 0.3) is 0 Å². The first kappa shape index (κ1) is 11.6. The van der Waals surface area contributed by atoms with Crippen LogP contribution >= 0.6 is 0 Å². The summed E-state index contributed by atoms with van der Waals surface area (Å²) < 4.78 is 36.5. The summed E-state index contributed by atoms with van der Waals surface area (Å²) in [5.41, 5.74) is 0.848. The van der Waals surface area contributed by atoms with Crippen molar-refractivity contribution >= 4 is 6.29 Å². The molecule has 0 spiro atoms. The fourth-order valence-electron chi connectivity index (χ4n) is 1.29. The van der Waals surface area contributed by atoms with Crippen molar-refractivity contribution < 1.29 is 18.0 Å². The molecule has 0 unspecified atom stereocenters. The first-order valence-electron chi connectivity index (χ1n) is 4.21. The van der Waals surface area contributed by atoms with E-state index in [0.717, 1.165) is 4.90 Å². The number of nitrogens with zero attached hydrogens (tertiary/aromatic N) is 1. The van der Waals surface area contributed by atoms with E-state index in [1.54, 1.807) is 6.92 Å². The number of carbonyl (C=O) groups is 1. The highest BCUT2D eigenvalue weighted by atomic mass is 19.4. The zero-order valence-electron chi connectivity index (χ0n) is 8.14. The molecule has 0 saturated heterocycles. The Morgan fingerprint density at radius 3 is 2.60 bits per heavy atom. The van der Waals surface area contributed by atoms with E-state index < -0.39 is 12.7 Å². The van der Waals surface area contributed by atoms with Gasteiger partial charge in [0, 0.05) is 17.5 Å². The Morgan fingerprint density at radius 2 is 2.13 bits per heavy atom. The average molecular weight is 217 g/mol. The normalized spacial score (nSPS) is 17.3. The molecule has 0 N–H and O–H groups in total. The monoisotopic (exact) mass is 217 g/mol. The molecule has 82 valence electrons. The van der Waals surface area contributed by atoms with E-state index >= 15 is 0 Å².